The summed E-state index contributed by atoms with van der Waals surface area (Å²) in [5.74, 6) is -1.12. The van der Waals surface area contributed by atoms with E-state index in [0.29, 0.717) is 0 Å². The fourth-order valence-corrected chi connectivity index (χ4v) is 3.61. The minimum atomic E-state index is -3.99. The monoisotopic (exact) mass is 355 g/mol. The van der Waals surface area contributed by atoms with Gasteiger partial charge in [-0.1, -0.05) is 6.07 Å². The van der Waals surface area contributed by atoms with Gasteiger partial charge in [0, 0.05) is 11.9 Å². The number of nitrogens with one attached hydrogen (secondary N) is 1. The number of aromatic carboxylic acids is 1. The van der Waals surface area contributed by atoms with Gasteiger partial charge in [0.25, 0.3) is 10.0 Å². The zero-order valence-corrected chi connectivity index (χ0v) is 13.6. The molecule has 23 heavy (non-hydrogen) atoms. The first kappa shape index (κ1) is 17.0. The van der Waals surface area contributed by atoms with E-state index in [2.05, 4.69) is 4.72 Å². The molecule has 0 atom stereocenters. The maximum absolute atomic E-state index is 12.3. The Morgan fingerprint density at radius 2 is 1.52 bits per heavy atom. The lowest BCUT2D eigenvalue weighted by Gasteiger charge is -2.09. The summed E-state index contributed by atoms with van der Waals surface area (Å²) in [5.41, 5.74) is 0.187. The molecule has 0 fully saturated rings. The molecule has 0 bridgehead atoms. The standard InChI is InChI=1S/C14H13NO6S2/c1-22(18,19)12-3-2-4-13(9-12)23(20,21)15-11-7-5-10(6-8-11)14(16)17/h2-9,15H,1H3,(H,16,17). The van der Waals surface area contributed by atoms with Crippen molar-refractivity contribution in [2.24, 2.45) is 0 Å². The quantitative estimate of drug-likeness (QED) is 0.841. The van der Waals surface area contributed by atoms with Crippen molar-refractivity contribution in [2.75, 3.05) is 11.0 Å². The maximum Gasteiger partial charge on any atom is 0.335 e. The van der Waals surface area contributed by atoms with Gasteiger partial charge in [-0.25, -0.2) is 21.6 Å². The molecule has 2 aromatic rings. The first-order valence-corrected chi connectivity index (χ1v) is 9.63. The van der Waals surface area contributed by atoms with Crippen molar-refractivity contribution in [1.82, 2.24) is 0 Å². The molecule has 0 aliphatic carbocycles. The zero-order valence-electron chi connectivity index (χ0n) is 11.9. The zero-order chi connectivity index (χ0) is 17.3. The molecule has 0 radical (unpaired) electrons. The van der Waals surface area contributed by atoms with E-state index in [1.54, 1.807) is 0 Å². The summed E-state index contributed by atoms with van der Waals surface area (Å²) in [5, 5.41) is 8.80. The van der Waals surface area contributed by atoms with Gasteiger partial charge in [-0.05, 0) is 42.5 Å². The third-order valence-electron chi connectivity index (χ3n) is 2.93. The van der Waals surface area contributed by atoms with Crippen LogP contribution in [0, 0.1) is 0 Å². The predicted molar refractivity (Wildman–Crippen MR) is 83.8 cm³/mol. The van der Waals surface area contributed by atoms with Crippen molar-refractivity contribution in [3.05, 3.63) is 54.1 Å². The van der Waals surface area contributed by atoms with Crippen LogP contribution in [0.3, 0.4) is 0 Å². The molecule has 0 unspecified atom stereocenters. The summed E-state index contributed by atoms with van der Waals surface area (Å²) < 4.78 is 49.8. The lowest BCUT2D eigenvalue weighted by atomic mass is 10.2. The van der Waals surface area contributed by atoms with Gasteiger partial charge in [0.1, 0.15) is 0 Å². The van der Waals surface area contributed by atoms with Crippen LogP contribution in [0.25, 0.3) is 0 Å². The molecule has 122 valence electrons. The van der Waals surface area contributed by atoms with Gasteiger partial charge in [-0.2, -0.15) is 0 Å². The van der Waals surface area contributed by atoms with Gasteiger partial charge in [0.05, 0.1) is 15.4 Å². The molecule has 0 heterocycles. The van der Waals surface area contributed by atoms with Gasteiger partial charge in [-0.15, -0.1) is 0 Å². The smallest absolute Gasteiger partial charge is 0.335 e. The number of anilines is 1. The number of carbonyl (C=O) groups is 1. The summed E-state index contributed by atoms with van der Waals surface area (Å²) in [6.45, 7) is 0. The Labute approximate surface area is 133 Å². The van der Waals surface area contributed by atoms with Crippen LogP contribution in [0.4, 0.5) is 5.69 Å². The highest BCUT2D eigenvalue weighted by Crippen LogP contribution is 2.19. The number of carboxylic acids is 1. The van der Waals surface area contributed by atoms with Crippen LogP contribution < -0.4 is 4.72 Å². The number of hydrogen-bond acceptors (Lipinski definition) is 5. The normalized spacial score (nSPS) is 11.9. The van der Waals surface area contributed by atoms with E-state index >= 15 is 0 Å². The molecule has 7 nitrogen and oxygen atoms in total. The molecule has 9 heteroatoms. The fourth-order valence-electron chi connectivity index (χ4n) is 1.77. The Morgan fingerprint density at radius 3 is 2.04 bits per heavy atom. The molecule has 2 rings (SSSR count). The number of carboxylic acid groups (broad SMARTS) is 1. The van der Waals surface area contributed by atoms with Crippen molar-refractivity contribution in [2.45, 2.75) is 9.79 Å². The van der Waals surface area contributed by atoms with Crippen LogP contribution in [0.1, 0.15) is 10.4 Å². The molecular formula is C14H13NO6S2. The van der Waals surface area contributed by atoms with Crippen LogP contribution in [0.15, 0.2) is 58.3 Å². The van der Waals surface area contributed by atoms with E-state index in [1.807, 2.05) is 0 Å². The molecule has 0 aromatic heterocycles. The average molecular weight is 355 g/mol. The summed E-state index contributed by atoms with van der Waals surface area (Å²) >= 11 is 0. The molecule has 0 saturated carbocycles. The number of sulfone groups is 1. The Hall–Kier alpha value is -2.39. The Bertz CT molecular complexity index is 947. The van der Waals surface area contributed by atoms with Gasteiger partial charge in [0.2, 0.25) is 0 Å². The fraction of sp³-hybridized carbons (Fsp3) is 0.0714. The van der Waals surface area contributed by atoms with E-state index < -0.39 is 25.8 Å². The van der Waals surface area contributed by atoms with Crippen molar-refractivity contribution < 1.29 is 26.7 Å². The third kappa shape index (κ3) is 4.08. The summed E-state index contributed by atoms with van der Waals surface area (Å²) in [6.07, 6.45) is 0.983. The van der Waals surface area contributed by atoms with E-state index in [0.717, 1.165) is 12.3 Å². The van der Waals surface area contributed by atoms with Crippen molar-refractivity contribution >= 4 is 31.5 Å². The third-order valence-corrected chi connectivity index (χ3v) is 5.42. The molecular weight excluding hydrogens is 342 g/mol. The maximum atomic E-state index is 12.3. The first-order valence-electron chi connectivity index (χ1n) is 6.26. The summed E-state index contributed by atoms with van der Waals surface area (Å²) in [4.78, 5) is 10.4. The second-order valence-electron chi connectivity index (χ2n) is 4.74. The van der Waals surface area contributed by atoms with Crippen molar-refractivity contribution in [3.8, 4) is 0 Å². The Kier molecular flexibility index (Phi) is 4.44. The van der Waals surface area contributed by atoms with Gasteiger partial charge >= 0.3 is 5.97 Å². The number of hydrogen-bond donors (Lipinski definition) is 2. The first-order chi connectivity index (χ1) is 10.6. The molecule has 0 spiro atoms. The van der Waals surface area contributed by atoms with Gasteiger partial charge in [0.15, 0.2) is 9.84 Å². The Balaban J connectivity index is 2.34. The van der Waals surface area contributed by atoms with Gasteiger partial charge < -0.3 is 5.11 Å². The lowest BCUT2D eigenvalue weighted by Crippen LogP contribution is -2.13. The van der Waals surface area contributed by atoms with E-state index in [1.165, 1.54) is 42.5 Å². The molecule has 0 aliphatic rings. The highest BCUT2D eigenvalue weighted by Gasteiger charge is 2.17. The van der Waals surface area contributed by atoms with E-state index in [4.69, 9.17) is 5.11 Å². The number of sulfonamides is 1. The highest BCUT2D eigenvalue weighted by molar-refractivity contribution is 7.93. The van der Waals surface area contributed by atoms with Gasteiger partial charge in [-0.3, -0.25) is 4.72 Å². The SMILES string of the molecule is CS(=O)(=O)c1cccc(S(=O)(=O)Nc2ccc(C(=O)O)cc2)c1. The largest absolute Gasteiger partial charge is 0.478 e. The van der Waals surface area contributed by atoms with Crippen LogP contribution in [0.5, 0.6) is 0 Å². The van der Waals surface area contributed by atoms with Crippen LogP contribution >= 0.6 is 0 Å². The van der Waals surface area contributed by atoms with Crippen LogP contribution in [0.2, 0.25) is 0 Å². The highest BCUT2D eigenvalue weighted by atomic mass is 32.2. The lowest BCUT2D eigenvalue weighted by molar-refractivity contribution is 0.0697. The Morgan fingerprint density at radius 1 is 0.957 bits per heavy atom. The second-order valence-corrected chi connectivity index (χ2v) is 8.43. The topological polar surface area (TPSA) is 118 Å². The van der Waals surface area contributed by atoms with Crippen LogP contribution in [-0.4, -0.2) is 34.2 Å². The predicted octanol–water partition coefficient (Wildman–Crippen LogP) is 1.59. The number of rotatable bonds is 5. The minimum absolute atomic E-state index is 0.0204. The summed E-state index contributed by atoms with van der Waals surface area (Å²) in [6, 6.07) is 10.1. The molecule has 2 N–H and O–H groups in total. The van der Waals surface area contributed by atoms with Crippen molar-refractivity contribution in [1.29, 1.82) is 0 Å². The summed E-state index contributed by atoms with van der Waals surface area (Å²) in [7, 11) is -7.52. The molecule has 0 aliphatic heterocycles. The van der Waals surface area contributed by atoms with E-state index in [-0.39, 0.29) is 21.0 Å². The van der Waals surface area contributed by atoms with Crippen molar-refractivity contribution in [3.63, 3.8) is 0 Å². The minimum Gasteiger partial charge on any atom is -0.478 e. The average Bonchev–Trinajstić information content (AvgIpc) is 2.46. The molecule has 0 saturated heterocycles. The van der Waals surface area contributed by atoms with E-state index in [9.17, 15) is 21.6 Å². The second kappa shape index (κ2) is 6.01. The number of benzene rings is 2. The molecule has 0 amide bonds. The molecule has 2 aromatic carbocycles. The van der Waals surface area contributed by atoms with Crippen LogP contribution in [-0.2, 0) is 19.9 Å².